The SMILES string of the molecule is CN=C(NCCC(=O)OC(C)C)NCCc1ccc(C(F)(F)F)cc1. The standard InChI is InChI=1S/C17H24F3N3O2/c1-12(2)25-15(24)9-11-23-16(21-3)22-10-8-13-4-6-14(7-5-13)17(18,19)20/h4-7,12H,8-11H2,1-3H3,(H2,21,22,23). The van der Waals surface area contributed by atoms with E-state index in [1.807, 2.05) is 0 Å². The highest BCUT2D eigenvalue weighted by atomic mass is 19.4. The Bertz CT molecular complexity index is 569. The lowest BCUT2D eigenvalue weighted by molar-refractivity contribution is -0.147. The maximum atomic E-state index is 12.5. The van der Waals surface area contributed by atoms with Crippen LogP contribution < -0.4 is 10.6 Å². The van der Waals surface area contributed by atoms with Gasteiger partial charge in [0.15, 0.2) is 5.96 Å². The minimum atomic E-state index is -4.32. The van der Waals surface area contributed by atoms with Crippen molar-refractivity contribution in [3.8, 4) is 0 Å². The fourth-order valence-electron chi connectivity index (χ4n) is 2.01. The van der Waals surface area contributed by atoms with E-state index in [2.05, 4.69) is 15.6 Å². The zero-order valence-corrected chi connectivity index (χ0v) is 14.6. The topological polar surface area (TPSA) is 62.7 Å². The highest BCUT2D eigenvalue weighted by molar-refractivity contribution is 5.80. The van der Waals surface area contributed by atoms with E-state index in [-0.39, 0.29) is 18.5 Å². The number of carbonyl (C=O) groups excluding carboxylic acids is 1. The van der Waals surface area contributed by atoms with Crippen LogP contribution in [0.25, 0.3) is 0 Å². The lowest BCUT2D eigenvalue weighted by Gasteiger charge is -2.13. The summed E-state index contributed by atoms with van der Waals surface area (Å²) in [5.74, 6) is 0.229. The number of hydrogen-bond acceptors (Lipinski definition) is 3. The summed E-state index contributed by atoms with van der Waals surface area (Å²) in [5.41, 5.74) is 0.131. The molecule has 0 fully saturated rings. The van der Waals surface area contributed by atoms with E-state index in [0.717, 1.165) is 17.7 Å². The number of benzene rings is 1. The number of nitrogens with zero attached hydrogens (tertiary/aromatic N) is 1. The number of rotatable bonds is 7. The highest BCUT2D eigenvalue weighted by Gasteiger charge is 2.29. The molecule has 0 amide bonds. The van der Waals surface area contributed by atoms with Gasteiger partial charge in [-0.05, 0) is 38.0 Å². The van der Waals surface area contributed by atoms with Crippen LogP contribution in [0.15, 0.2) is 29.3 Å². The van der Waals surface area contributed by atoms with Gasteiger partial charge in [0.1, 0.15) is 0 Å². The second-order valence-corrected chi connectivity index (χ2v) is 5.66. The molecule has 0 aliphatic carbocycles. The van der Waals surface area contributed by atoms with Gasteiger partial charge in [-0.1, -0.05) is 12.1 Å². The summed E-state index contributed by atoms with van der Waals surface area (Å²) in [7, 11) is 1.60. The number of hydrogen-bond donors (Lipinski definition) is 2. The molecule has 25 heavy (non-hydrogen) atoms. The second kappa shape index (κ2) is 9.90. The van der Waals surface area contributed by atoms with Crippen LogP contribution in [0.4, 0.5) is 13.2 Å². The molecular formula is C17H24F3N3O2. The minimum Gasteiger partial charge on any atom is -0.463 e. The number of guanidine groups is 1. The first-order valence-electron chi connectivity index (χ1n) is 8.02. The third kappa shape index (κ3) is 8.42. The van der Waals surface area contributed by atoms with Crippen molar-refractivity contribution >= 4 is 11.9 Å². The van der Waals surface area contributed by atoms with Crippen LogP contribution in [-0.4, -0.2) is 38.2 Å². The number of nitrogens with one attached hydrogen (secondary N) is 2. The molecule has 0 atom stereocenters. The van der Waals surface area contributed by atoms with Crippen LogP contribution in [0.3, 0.4) is 0 Å². The van der Waals surface area contributed by atoms with Gasteiger partial charge in [0.05, 0.1) is 18.1 Å². The van der Waals surface area contributed by atoms with E-state index >= 15 is 0 Å². The molecule has 0 aliphatic rings. The number of aliphatic imine (C=N–C) groups is 1. The first-order chi connectivity index (χ1) is 11.7. The van der Waals surface area contributed by atoms with Crippen LogP contribution in [0.2, 0.25) is 0 Å². The monoisotopic (exact) mass is 359 g/mol. The fourth-order valence-corrected chi connectivity index (χ4v) is 2.01. The van der Waals surface area contributed by atoms with Crippen molar-refractivity contribution in [2.45, 2.75) is 39.0 Å². The first-order valence-corrected chi connectivity index (χ1v) is 8.02. The molecule has 1 aromatic carbocycles. The van der Waals surface area contributed by atoms with Crippen molar-refractivity contribution in [1.82, 2.24) is 10.6 Å². The summed E-state index contributed by atoms with van der Waals surface area (Å²) in [6, 6.07) is 5.07. The molecule has 1 aromatic rings. The summed E-state index contributed by atoms with van der Waals surface area (Å²) in [5, 5.41) is 6.02. The first kappa shape index (κ1) is 20.8. The number of ether oxygens (including phenoxy) is 1. The van der Waals surface area contributed by atoms with Crippen molar-refractivity contribution in [2.75, 3.05) is 20.1 Å². The Kier molecular flexibility index (Phi) is 8.24. The third-order valence-electron chi connectivity index (χ3n) is 3.20. The predicted molar refractivity (Wildman–Crippen MR) is 90.4 cm³/mol. The Balaban J connectivity index is 2.32. The van der Waals surface area contributed by atoms with Gasteiger partial charge in [-0.15, -0.1) is 0 Å². The molecule has 0 saturated carbocycles. The highest BCUT2D eigenvalue weighted by Crippen LogP contribution is 2.29. The number of halogens is 3. The average Bonchev–Trinajstić information content (AvgIpc) is 2.52. The number of esters is 1. The van der Waals surface area contributed by atoms with E-state index in [0.29, 0.717) is 25.5 Å². The normalized spacial score (nSPS) is 12.2. The third-order valence-corrected chi connectivity index (χ3v) is 3.20. The molecule has 0 radical (unpaired) electrons. The van der Waals surface area contributed by atoms with E-state index in [1.165, 1.54) is 12.1 Å². The van der Waals surface area contributed by atoms with Gasteiger partial charge in [0.25, 0.3) is 0 Å². The van der Waals surface area contributed by atoms with Crippen molar-refractivity contribution in [3.63, 3.8) is 0 Å². The predicted octanol–water partition coefficient (Wildman–Crippen LogP) is 2.75. The Morgan fingerprint density at radius 3 is 2.28 bits per heavy atom. The van der Waals surface area contributed by atoms with E-state index < -0.39 is 11.7 Å². The maximum Gasteiger partial charge on any atom is 0.416 e. The van der Waals surface area contributed by atoms with Gasteiger partial charge >= 0.3 is 12.1 Å². The lowest BCUT2D eigenvalue weighted by atomic mass is 10.1. The summed E-state index contributed by atoms with van der Waals surface area (Å²) in [6.45, 7) is 4.45. The summed E-state index contributed by atoms with van der Waals surface area (Å²) in [4.78, 5) is 15.4. The van der Waals surface area contributed by atoms with Crippen molar-refractivity contribution < 1.29 is 22.7 Å². The molecule has 5 nitrogen and oxygen atoms in total. The quantitative estimate of drug-likeness (QED) is 0.446. The van der Waals surface area contributed by atoms with Gasteiger partial charge in [0, 0.05) is 20.1 Å². The molecule has 0 spiro atoms. The fraction of sp³-hybridized carbons (Fsp3) is 0.529. The van der Waals surface area contributed by atoms with E-state index in [4.69, 9.17) is 4.74 Å². The van der Waals surface area contributed by atoms with Crippen LogP contribution in [0.1, 0.15) is 31.4 Å². The van der Waals surface area contributed by atoms with Crippen molar-refractivity contribution in [3.05, 3.63) is 35.4 Å². The van der Waals surface area contributed by atoms with Gasteiger partial charge in [-0.3, -0.25) is 9.79 Å². The molecule has 1 rings (SSSR count). The minimum absolute atomic E-state index is 0.145. The molecular weight excluding hydrogens is 335 g/mol. The number of alkyl halides is 3. The molecule has 0 aromatic heterocycles. The second-order valence-electron chi connectivity index (χ2n) is 5.66. The zero-order valence-electron chi connectivity index (χ0n) is 14.6. The molecule has 8 heteroatoms. The summed E-state index contributed by atoms with van der Waals surface area (Å²) < 4.78 is 42.5. The molecule has 0 unspecified atom stereocenters. The average molecular weight is 359 g/mol. The van der Waals surface area contributed by atoms with Crippen molar-refractivity contribution in [1.29, 1.82) is 0 Å². The molecule has 0 saturated heterocycles. The molecule has 140 valence electrons. The van der Waals surface area contributed by atoms with Crippen LogP contribution in [0.5, 0.6) is 0 Å². The maximum absolute atomic E-state index is 12.5. The van der Waals surface area contributed by atoms with Gasteiger partial charge in [-0.2, -0.15) is 13.2 Å². The van der Waals surface area contributed by atoms with Crippen molar-refractivity contribution in [2.24, 2.45) is 4.99 Å². The van der Waals surface area contributed by atoms with Crippen LogP contribution in [-0.2, 0) is 22.1 Å². The Hall–Kier alpha value is -2.25. The Labute approximate surface area is 145 Å². The van der Waals surface area contributed by atoms with Gasteiger partial charge in [-0.25, -0.2) is 0 Å². The molecule has 2 N–H and O–H groups in total. The van der Waals surface area contributed by atoms with E-state index in [1.54, 1.807) is 20.9 Å². The Morgan fingerprint density at radius 1 is 1.16 bits per heavy atom. The summed E-state index contributed by atoms with van der Waals surface area (Å²) in [6.07, 6.45) is -3.69. The van der Waals surface area contributed by atoms with Crippen LogP contribution in [0, 0.1) is 0 Å². The molecule has 0 aliphatic heterocycles. The summed E-state index contributed by atoms with van der Waals surface area (Å²) >= 11 is 0. The molecule has 0 heterocycles. The van der Waals surface area contributed by atoms with Crippen LogP contribution >= 0.6 is 0 Å². The zero-order chi connectivity index (χ0) is 18.9. The molecule has 0 bridgehead atoms. The van der Waals surface area contributed by atoms with Gasteiger partial charge in [0.2, 0.25) is 0 Å². The number of carbonyl (C=O) groups is 1. The van der Waals surface area contributed by atoms with E-state index in [9.17, 15) is 18.0 Å². The Morgan fingerprint density at radius 2 is 1.76 bits per heavy atom. The lowest BCUT2D eigenvalue weighted by Crippen LogP contribution is -2.39. The largest absolute Gasteiger partial charge is 0.463 e. The van der Waals surface area contributed by atoms with Gasteiger partial charge < -0.3 is 15.4 Å². The smallest absolute Gasteiger partial charge is 0.416 e.